The second kappa shape index (κ2) is 8.44. The van der Waals surface area contributed by atoms with Gasteiger partial charge in [0.25, 0.3) is 0 Å². The van der Waals surface area contributed by atoms with Gasteiger partial charge in [0.2, 0.25) is 0 Å². The minimum absolute atomic E-state index is 0.164. The lowest BCUT2D eigenvalue weighted by Crippen LogP contribution is -2.31. The van der Waals surface area contributed by atoms with Crippen molar-refractivity contribution in [3.05, 3.63) is 23.9 Å². The molecule has 6 heteroatoms. The lowest BCUT2D eigenvalue weighted by Gasteiger charge is -2.18. The van der Waals surface area contributed by atoms with Gasteiger partial charge in [-0.25, -0.2) is 15.7 Å². The molecular weight excluding hydrogens is 246 g/mol. The van der Waals surface area contributed by atoms with Gasteiger partial charge < -0.3 is 5.11 Å². The smallest absolute Gasteiger partial charge is 0.413 e. The zero-order chi connectivity index (χ0) is 14.1. The van der Waals surface area contributed by atoms with Gasteiger partial charge in [0.15, 0.2) is 0 Å². The predicted octanol–water partition coefficient (Wildman–Crippen LogP) is 2.54. The van der Waals surface area contributed by atoms with Gasteiger partial charge in [-0.3, -0.25) is 9.74 Å². The van der Waals surface area contributed by atoms with E-state index in [4.69, 9.17) is 5.90 Å². The Kier molecular flexibility index (Phi) is 6.84. The van der Waals surface area contributed by atoms with Crippen LogP contribution in [0.2, 0.25) is 0 Å². The average Bonchev–Trinajstić information content (AvgIpc) is 2.39. The fourth-order valence-electron chi connectivity index (χ4n) is 1.79. The van der Waals surface area contributed by atoms with Gasteiger partial charge in [-0.15, -0.1) is 0 Å². The monoisotopic (exact) mass is 267 g/mol. The van der Waals surface area contributed by atoms with E-state index in [1.807, 2.05) is 0 Å². The summed E-state index contributed by atoms with van der Waals surface area (Å²) in [6.07, 6.45) is 3.09. The summed E-state index contributed by atoms with van der Waals surface area (Å²) in [7, 11) is 0. The summed E-state index contributed by atoms with van der Waals surface area (Å²) in [5.41, 5.74) is 0.611. The molecule has 0 aromatic carbocycles. The van der Waals surface area contributed by atoms with E-state index in [1.54, 1.807) is 18.2 Å². The minimum atomic E-state index is -0.991. The maximum absolute atomic E-state index is 11.3. The number of carbonyl (C=O) groups is 1. The van der Waals surface area contributed by atoms with Gasteiger partial charge in [0, 0.05) is 6.54 Å². The standard InChI is InChI=1S/C13H21N3O3/c1-2-3-4-5-9-16(13(17)18)12-8-6-7-11(15-12)10-19-14/h6-8H,2-5,9-10,14H2,1H3,(H,17,18). The zero-order valence-corrected chi connectivity index (χ0v) is 11.2. The molecule has 1 aromatic heterocycles. The van der Waals surface area contributed by atoms with Crippen molar-refractivity contribution >= 4 is 11.9 Å². The van der Waals surface area contributed by atoms with Gasteiger partial charge in [0.1, 0.15) is 12.4 Å². The second-order valence-electron chi connectivity index (χ2n) is 4.29. The predicted molar refractivity (Wildman–Crippen MR) is 72.7 cm³/mol. The third-order valence-electron chi connectivity index (χ3n) is 2.77. The zero-order valence-electron chi connectivity index (χ0n) is 11.2. The molecule has 1 heterocycles. The molecule has 1 rings (SSSR count). The van der Waals surface area contributed by atoms with Crippen LogP contribution in [0.3, 0.4) is 0 Å². The van der Waals surface area contributed by atoms with Crippen molar-refractivity contribution in [1.82, 2.24) is 4.98 Å². The van der Waals surface area contributed by atoms with Crippen molar-refractivity contribution < 1.29 is 14.7 Å². The number of pyridine rings is 1. The Labute approximate surface area is 113 Å². The van der Waals surface area contributed by atoms with Gasteiger partial charge in [0.05, 0.1) is 5.69 Å². The van der Waals surface area contributed by atoms with E-state index in [0.29, 0.717) is 18.1 Å². The molecule has 106 valence electrons. The Morgan fingerprint density at radius 3 is 2.84 bits per heavy atom. The lowest BCUT2D eigenvalue weighted by molar-refractivity contribution is 0.121. The molecule has 1 aromatic rings. The molecule has 0 radical (unpaired) electrons. The summed E-state index contributed by atoms with van der Waals surface area (Å²) in [5, 5.41) is 9.23. The molecule has 0 atom stereocenters. The van der Waals surface area contributed by atoms with Crippen LogP contribution < -0.4 is 10.8 Å². The van der Waals surface area contributed by atoms with Crippen molar-refractivity contribution in [3.8, 4) is 0 Å². The van der Waals surface area contributed by atoms with Gasteiger partial charge in [-0.2, -0.15) is 0 Å². The van der Waals surface area contributed by atoms with Crippen LogP contribution in [-0.2, 0) is 11.4 Å². The maximum Gasteiger partial charge on any atom is 0.413 e. The summed E-state index contributed by atoms with van der Waals surface area (Å²) >= 11 is 0. The molecule has 1 amide bonds. The summed E-state index contributed by atoms with van der Waals surface area (Å²) in [6, 6.07) is 5.17. The highest BCUT2D eigenvalue weighted by molar-refractivity contribution is 5.84. The van der Waals surface area contributed by atoms with E-state index in [2.05, 4.69) is 16.7 Å². The van der Waals surface area contributed by atoms with Crippen LogP contribution in [0.1, 0.15) is 38.3 Å². The number of amides is 1. The number of unbranched alkanes of at least 4 members (excludes halogenated alkanes) is 3. The fraction of sp³-hybridized carbons (Fsp3) is 0.538. The number of carboxylic acid groups (broad SMARTS) is 1. The topological polar surface area (TPSA) is 88.7 Å². The summed E-state index contributed by atoms with van der Waals surface area (Å²) in [6.45, 7) is 2.74. The van der Waals surface area contributed by atoms with Crippen molar-refractivity contribution in [2.75, 3.05) is 11.4 Å². The second-order valence-corrected chi connectivity index (χ2v) is 4.29. The molecular formula is C13H21N3O3. The van der Waals surface area contributed by atoms with E-state index < -0.39 is 6.09 Å². The van der Waals surface area contributed by atoms with Crippen molar-refractivity contribution in [2.24, 2.45) is 5.90 Å². The normalized spacial score (nSPS) is 10.4. The lowest BCUT2D eigenvalue weighted by atomic mass is 10.2. The quantitative estimate of drug-likeness (QED) is 0.558. The van der Waals surface area contributed by atoms with Crippen LogP contribution >= 0.6 is 0 Å². The third kappa shape index (κ3) is 5.23. The first-order chi connectivity index (χ1) is 9.19. The molecule has 0 aliphatic rings. The summed E-state index contributed by atoms with van der Waals surface area (Å²) in [5.74, 6) is 5.41. The highest BCUT2D eigenvalue weighted by Gasteiger charge is 2.15. The Balaban J connectivity index is 2.69. The Morgan fingerprint density at radius 2 is 2.21 bits per heavy atom. The molecule has 0 bridgehead atoms. The Hall–Kier alpha value is -1.66. The number of rotatable bonds is 8. The van der Waals surface area contributed by atoms with Gasteiger partial charge >= 0.3 is 6.09 Å². The van der Waals surface area contributed by atoms with Gasteiger partial charge in [-0.1, -0.05) is 32.3 Å². The van der Waals surface area contributed by atoms with E-state index in [9.17, 15) is 9.90 Å². The molecule has 19 heavy (non-hydrogen) atoms. The molecule has 0 fully saturated rings. The molecule has 0 aliphatic carbocycles. The molecule has 0 spiro atoms. The Morgan fingerprint density at radius 1 is 1.42 bits per heavy atom. The molecule has 0 saturated carbocycles. The number of hydrogen-bond acceptors (Lipinski definition) is 4. The van der Waals surface area contributed by atoms with Crippen molar-refractivity contribution in [3.63, 3.8) is 0 Å². The largest absolute Gasteiger partial charge is 0.465 e. The highest BCUT2D eigenvalue weighted by Crippen LogP contribution is 2.14. The number of aromatic nitrogens is 1. The maximum atomic E-state index is 11.3. The number of nitrogens with two attached hydrogens (primary N) is 1. The third-order valence-corrected chi connectivity index (χ3v) is 2.77. The van der Waals surface area contributed by atoms with Crippen LogP contribution in [-0.4, -0.2) is 22.7 Å². The number of hydrogen-bond donors (Lipinski definition) is 2. The fourth-order valence-corrected chi connectivity index (χ4v) is 1.79. The van der Waals surface area contributed by atoms with Gasteiger partial charge in [-0.05, 0) is 18.6 Å². The van der Waals surface area contributed by atoms with E-state index in [-0.39, 0.29) is 6.61 Å². The van der Waals surface area contributed by atoms with E-state index in [1.165, 1.54) is 4.90 Å². The SMILES string of the molecule is CCCCCCN(C(=O)O)c1cccc(CON)n1. The van der Waals surface area contributed by atoms with Crippen molar-refractivity contribution in [2.45, 2.75) is 39.2 Å². The number of anilines is 1. The molecule has 0 unspecified atom stereocenters. The molecule has 0 saturated heterocycles. The Bertz CT molecular complexity index is 398. The van der Waals surface area contributed by atoms with Crippen LogP contribution in [0.4, 0.5) is 10.6 Å². The summed E-state index contributed by atoms with van der Waals surface area (Å²) < 4.78 is 0. The minimum Gasteiger partial charge on any atom is -0.465 e. The van der Waals surface area contributed by atoms with E-state index >= 15 is 0 Å². The first-order valence-corrected chi connectivity index (χ1v) is 6.47. The molecule has 3 N–H and O–H groups in total. The molecule has 0 aliphatic heterocycles. The first-order valence-electron chi connectivity index (χ1n) is 6.47. The first kappa shape index (κ1) is 15.4. The van der Waals surface area contributed by atoms with E-state index in [0.717, 1.165) is 25.7 Å². The van der Waals surface area contributed by atoms with Crippen LogP contribution in [0.15, 0.2) is 18.2 Å². The molecule has 6 nitrogen and oxygen atoms in total. The van der Waals surface area contributed by atoms with Crippen LogP contribution in [0, 0.1) is 0 Å². The summed E-state index contributed by atoms with van der Waals surface area (Å²) in [4.78, 5) is 21.3. The van der Waals surface area contributed by atoms with Crippen LogP contribution in [0.5, 0.6) is 0 Å². The van der Waals surface area contributed by atoms with Crippen molar-refractivity contribution in [1.29, 1.82) is 0 Å². The average molecular weight is 267 g/mol. The number of nitrogens with zero attached hydrogens (tertiary/aromatic N) is 2. The van der Waals surface area contributed by atoms with Crippen LogP contribution in [0.25, 0.3) is 0 Å². The highest BCUT2D eigenvalue weighted by atomic mass is 16.6.